The van der Waals surface area contributed by atoms with Crippen LogP contribution in [0.25, 0.3) is 0 Å². The van der Waals surface area contributed by atoms with Crippen molar-refractivity contribution in [3.05, 3.63) is 35.7 Å². The Kier molecular flexibility index (Phi) is 5.05. The molecule has 0 radical (unpaired) electrons. The first kappa shape index (κ1) is 18.5. The predicted molar refractivity (Wildman–Crippen MR) is 92.6 cm³/mol. The Morgan fingerprint density at radius 2 is 1.79 bits per heavy atom. The quantitative estimate of drug-likeness (QED) is 0.824. The van der Waals surface area contributed by atoms with Crippen LogP contribution in [0.3, 0.4) is 0 Å². The highest BCUT2D eigenvalue weighted by Gasteiger charge is 2.18. The molecule has 1 N–H and O–H groups in total. The van der Waals surface area contributed by atoms with Crippen LogP contribution < -0.4 is 5.32 Å². The molecule has 0 aliphatic heterocycles. The predicted octanol–water partition coefficient (Wildman–Crippen LogP) is 1.40. The molecule has 0 unspecified atom stereocenters. The minimum atomic E-state index is -3.58. The third kappa shape index (κ3) is 4.15. The summed E-state index contributed by atoms with van der Waals surface area (Å²) in [5.41, 5.74) is 2.26. The molecular weight excluding hydrogens is 350 g/mol. The zero-order valence-electron chi connectivity index (χ0n) is 14.1. The Labute approximate surface area is 142 Å². The summed E-state index contributed by atoms with van der Waals surface area (Å²) in [4.78, 5) is -0.0588. The zero-order chi connectivity index (χ0) is 18.1. The van der Waals surface area contributed by atoms with E-state index in [2.05, 4.69) is 10.4 Å². The maximum atomic E-state index is 12.0. The maximum Gasteiger partial charge on any atom is 0.177 e. The number of nitrogens with one attached hydrogen (secondary N) is 1. The number of hydrogen-bond donors (Lipinski definition) is 1. The smallest absolute Gasteiger partial charge is 0.177 e. The monoisotopic (exact) mass is 371 g/mol. The van der Waals surface area contributed by atoms with Crippen LogP contribution in [0.2, 0.25) is 0 Å². The molecule has 132 valence electrons. The highest BCUT2D eigenvalue weighted by Crippen LogP contribution is 2.26. The van der Waals surface area contributed by atoms with Gasteiger partial charge in [-0.2, -0.15) is 5.10 Å². The van der Waals surface area contributed by atoms with Gasteiger partial charge in [0.05, 0.1) is 21.2 Å². The number of hydrogen-bond acceptors (Lipinski definition) is 6. The molecule has 0 saturated heterocycles. The minimum absolute atomic E-state index is 0.0240. The lowest BCUT2D eigenvalue weighted by Crippen LogP contribution is -2.09. The molecule has 0 atom stereocenters. The van der Waals surface area contributed by atoms with E-state index in [1.165, 1.54) is 18.2 Å². The van der Waals surface area contributed by atoms with Gasteiger partial charge < -0.3 is 5.32 Å². The van der Waals surface area contributed by atoms with Crippen LogP contribution in [-0.2, 0) is 39.7 Å². The van der Waals surface area contributed by atoms with Gasteiger partial charge >= 0.3 is 0 Å². The van der Waals surface area contributed by atoms with E-state index in [4.69, 9.17) is 0 Å². The largest absolute Gasteiger partial charge is 0.380 e. The molecule has 1 aromatic heterocycles. The number of anilines is 1. The second-order valence-electron chi connectivity index (χ2n) is 5.68. The minimum Gasteiger partial charge on any atom is -0.380 e. The topological polar surface area (TPSA) is 98.1 Å². The van der Waals surface area contributed by atoms with Crippen molar-refractivity contribution in [2.24, 2.45) is 7.05 Å². The van der Waals surface area contributed by atoms with Gasteiger partial charge in [-0.3, -0.25) is 4.68 Å². The van der Waals surface area contributed by atoms with Gasteiger partial charge in [-0.25, -0.2) is 16.8 Å². The number of benzene rings is 1. The van der Waals surface area contributed by atoms with Crippen LogP contribution in [0.15, 0.2) is 34.2 Å². The van der Waals surface area contributed by atoms with E-state index < -0.39 is 19.7 Å². The summed E-state index contributed by atoms with van der Waals surface area (Å²) in [6, 6.07) is 4.07. The number of aromatic nitrogens is 2. The van der Waals surface area contributed by atoms with E-state index in [0.29, 0.717) is 12.2 Å². The van der Waals surface area contributed by atoms with Gasteiger partial charge in [-0.1, -0.05) is 6.92 Å². The van der Waals surface area contributed by atoms with Gasteiger partial charge in [0.2, 0.25) is 0 Å². The van der Waals surface area contributed by atoms with Crippen LogP contribution in [0.5, 0.6) is 0 Å². The third-order valence-electron chi connectivity index (χ3n) is 3.58. The molecule has 2 rings (SSSR count). The van der Waals surface area contributed by atoms with E-state index in [1.807, 2.05) is 20.2 Å². The zero-order valence-corrected chi connectivity index (χ0v) is 15.7. The first-order chi connectivity index (χ1) is 11.0. The van der Waals surface area contributed by atoms with E-state index in [9.17, 15) is 16.8 Å². The van der Waals surface area contributed by atoms with Gasteiger partial charge in [-0.05, 0) is 24.6 Å². The lowest BCUT2D eigenvalue weighted by Gasteiger charge is -2.12. The molecule has 0 fully saturated rings. The molecule has 0 aliphatic rings. The first-order valence-corrected chi connectivity index (χ1v) is 11.1. The summed E-state index contributed by atoms with van der Waals surface area (Å²) in [6.07, 6.45) is 4.74. The number of aryl methyl sites for hydroxylation is 2. The van der Waals surface area contributed by atoms with Crippen molar-refractivity contribution in [3.63, 3.8) is 0 Å². The molecule has 0 aliphatic carbocycles. The average molecular weight is 371 g/mol. The van der Waals surface area contributed by atoms with Crippen molar-refractivity contribution in [1.82, 2.24) is 9.78 Å². The molecule has 2 aromatic rings. The van der Waals surface area contributed by atoms with Gasteiger partial charge in [-0.15, -0.1) is 0 Å². The van der Waals surface area contributed by atoms with Crippen molar-refractivity contribution >= 4 is 25.4 Å². The third-order valence-corrected chi connectivity index (χ3v) is 5.82. The van der Waals surface area contributed by atoms with Crippen LogP contribution in [-0.4, -0.2) is 39.1 Å². The van der Waals surface area contributed by atoms with Gasteiger partial charge in [0.1, 0.15) is 0 Å². The molecular formula is C15H21N3O4S2. The SMILES string of the molecule is CCc1nn(C)cc1CNc1ccc(S(C)(=O)=O)cc1S(C)(=O)=O. The number of nitrogens with zero attached hydrogens (tertiary/aromatic N) is 2. The van der Waals surface area contributed by atoms with E-state index >= 15 is 0 Å². The van der Waals surface area contributed by atoms with Crippen LogP contribution in [0, 0.1) is 0 Å². The lowest BCUT2D eigenvalue weighted by molar-refractivity contribution is 0.600. The Morgan fingerprint density at radius 3 is 2.33 bits per heavy atom. The van der Waals surface area contributed by atoms with Crippen molar-refractivity contribution in [3.8, 4) is 0 Å². The fraction of sp³-hybridized carbons (Fsp3) is 0.400. The molecule has 0 amide bonds. The lowest BCUT2D eigenvalue weighted by atomic mass is 10.2. The Bertz CT molecular complexity index is 961. The summed E-state index contributed by atoms with van der Waals surface area (Å²) >= 11 is 0. The van der Waals surface area contributed by atoms with Crippen LogP contribution >= 0.6 is 0 Å². The van der Waals surface area contributed by atoms with Gasteiger partial charge in [0, 0.05) is 37.9 Å². The molecule has 9 heteroatoms. The Morgan fingerprint density at radius 1 is 1.12 bits per heavy atom. The van der Waals surface area contributed by atoms with Gasteiger partial charge in [0.15, 0.2) is 19.7 Å². The van der Waals surface area contributed by atoms with Crippen molar-refractivity contribution in [2.75, 3.05) is 17.8 Å². The van der Waals surface area contributed by atoms with E-state index in [0.717, 1.165) is 30.2 Å². The fourth-order valence-electron chi connectivity index (χ4n) is 2.41. The van der Waals surface area contributed by atoms with Crippen molar-refractivity contribution < 1.29 is 16.8 Å². The summed E-state index contributed by atoms with van der Waals surface area (Å²) < 4.78 is 49.1. The summed E-state index contributed by atoms with van der Waals surface area (Å²) in [5, 5.41) is 7.41. The standard InChI is InChI=1S/C15H21N3O4S2/c1-5-13-11(10-18(2)17-13)9-16-14-7-6-12(23(3,19)20)8-15(14)24(4,21)22/h6-8,10,16H,5,9H2,1-4H3. The van der Waals surface area contributed by atoms with E-state index in [1.54, 1.807) is 4.68 Å². The maximum absolute atomic E-state index is 12.0. The molecule has 0 spiro atoms. The molecule has 0 saturated carbocycles. The van der Waals surface area contributed by atoms with Crippen LogP contribution in [0.1, 0.15) is 18.2 Å². The molecule has 0 bridgehead atoms. The highest BCUT2D eigenvalue weighted by molar-refractivity contribution is 7.91. The number of sulfone groups is 2. The van der Waals surface area contributed by atoms with Gasteiger partial charge in [0.25, 0.3) is 0 Å². The summed E-state index contributed by atoms with van der Waals surface area (Å²) in [7, 11) is -5.24. The molecule has 1 heterocycles. The highest BCUT2D eigenvalue weighted by atomic mass is 32.2. The number of rotatable bonds is 6. The second kappa shape index (κ2) is 6.56. The normalized spacial score (nSPS) is 12.3. The second-order valence-corrected chi connectivity index (χ2v) is 9.68. The summed E-state index contributed by atoms with van der Waals surface area (Å²) in [5.74, 6) is 0. The van der Waals surface area contributed by atoms with Crippen molar-refractivity contribution in [2.45, 2.75) is 29.7 Å². The first-order valence-electron chi connectivity index (χ1n) is 7.31. The molecule has 1 aromatic carbocycles. The Balaban J connectivity index is 2.39. The Hall–Kier alpha value is -1.87. The average Bonchev–Trinajstić information content (AvgIpc) is 2.83. The summed E-state index contributed by atoms with van der Waals surface area (Å²) in [6.45, 7) is 2.40. The fourth-order valence-corrected chi connectivity index (χ4v) is 4.01. The molecule has 7 nitrogen and oxygen atoms in total. The van der Waals surface area contributed by atoms with Crippen molar-refractivity contribution in [1.29, 1.82) is 0 Å². The molecule has 24 heavy (non-hydrogen) atoms. The van der Waals surface area contributed by atoms with Crippen LogP contribution in [0.4, 0.5) is 5.69 Å². The van der Waals surface area contributed by atoms with E-state index in [-0.39, 0.29) is 9.79 Å².